The van der Waals surface area contributed by atoms with Crippen LogP contribution in [0.3, 0.4) is 0 Å². The summed E-state index contributed by atoms with van der Waals surface area (Å²) in [5.74, 6) is 0.919. The molecule has 12 heteroatoms. The zero-order chi connectivity index (χ0) is 24.3. The van der Waals surface area contributed by atoms with Crippen molar-refractivity contribution in [3.05, 3.63) is 59.7 Å². The average Bonchev–Trinajstić information content (AvgIpc) is 2.76. The van der Waals surface area contributed by atoms with Crippen LogP contribution < -0.4 is 10.9 Å². The van der Waals surface area contributed by atoms with Crippen molar-refractivity contribution in [3.63, 3.8) is 0 Å². The molecular weight excluding hydrogens is 572 g/mol. The van der Waals surface area contributed by atoms with Crippen LogP contribution in [0.2, 0.25) is 0 Å². The summed E-state index contributed by atoms with van der Waals surface area (Å²) in [6, 6.07) is 14.6. The molecule has 0 aliphatic heterocycles. The monoisotopic (exact) mass is 602 g/mol. The summed E-state index contributed by atoms with van der Waals surface area (Å²) in [5, 5.41) is 24.8. The third kappa shape index (κ3) is 11.8. The van der Waals surface area contributed by atoms with Gasteiger partial charge >= 0.3 is 34.1 Å². The van der Waals surface area contributed by atoms with Crippen LogP contribution in [-0.2, 0) is 34.1 Å². The van der Waals surface area contributed by atoms with Crippen LogP contribution in [0.15, 0.2) is 58.7 Å². The van der Waals surface area contributed by atoms with Gasteiger partial charge in [-0.05, 0) is 50.4 Å². The van der Waals surface area contributed by atoms with Crippen LogP contribution >= 0.6 is 24.4 Å². The maximum Gasteiger partial charge on any atom is 2.00 e. The van der Waals surface area contributed by atoms with E-state index in [1.54, 1.807) is 21.9 Å². The molecule has 2 aromatic rings. The quantitative estimate of drug-likeness (QED) is 0.183. The number of para-hydroxylation sites is 2. The van der Waals surface area contributed by atoms with Gasteiger partial charge in [0.1, 0.15) is 0 Å². The molecule has 0 spiro atoms. The molecule has 2 rings (SSSR count). The second-order valence-corrected chi connectivity index (χ2v) is 7.88. The molecule has 0 aromatic heterocycles. The van der Waals surface area contributed by atoms with E-state index in [0.29, 0.717) is 21.7 Å². The summed E-state index contributed by atoms with van der Waals surface area (Å²) in [6.45, 7) is 3.69. The Hall–Kier alpha value is -2.20. The van der Waals surface area contributed by atoms with Crippen molar-refractivity contribution in [3.8, 4) is 11.5 Å². The van der Waals surface area contributed by atoms with Gasteiger partial charge in [-0.15, -0.1) is 0 Å². The first-order valence-electron chi connectivity index (χ1n) is 9.69. The van der Waals surface area contributed by atoms with Gasteiger partial charge in [-0.2, -0.15) is 10.2 Å². The number of thiocarbonyl (C=S) groups is 2. The average molecular weight is 604 g/mol. The molecule has 0 saturated heterocycles. The second kappa shape index (κ2) is 17.3. The molecule has 34 heavy (non-hydrogen) atoms. The third-order valence-electron chi connectivity index (χ3n) is 4.08. The fraction of sp³-hybridized carbons (Fsp3) is 0.273. The standard InChI is InChI=1S/2C11H15N3OS.2Cu/c2*1-8(12-13-11(16)14(2)3)9-6-4-5-7-10(9)15;;/h2*4-7,15H,1-3H3,(H,13,16);;/q;;2*+2/p+2. The molecule has 0 bridgehead atoms. The Morgan fingerprint density at radius 2 is 0.971 bits per heavy atom. The number of hydrazone groups is 2. The topological polar surface area (TPSA) is 101 Å². The van der Waals surface area contributed by atoms with Gasteiger partial charge in [-0.1, -0.05) is 24.3 Å². The van der Waals surface area contributed by atoms with Crippen molar-refractivity contribution in [2.24, 2.45) is 10.2 Å². The van der Waals surface area contributed by atoms with E-state index < -0.39 is 0 Å². The van der Waals surface area contributed by atoms with E-state index >= 15 is 0 Å². The maximum absolute atomic E-state index is 7.72. The smallest absolute Gasteiger partial charge is 0.593 e. The molecule has 0 aliphatic rings. The number of benzene rings is 2. The van der Waals surface area contributed by atoms with Crippen molar-refractivity contribution in [1.82, 2.24) is 20.7 Å². The maximum atomic E-state index is 7.72. The fourth-order valence-corrected chi connectivity index (χ4v) is 2.27. The van der Waals surface area contributed by atoms with Gasteiger partial charge in [0.25, 0.3) is 11.5 Å². The van der Waals surface area contributed by atoms with Crippen LogP contribution in [-0.4, -0.2) is 69.9 Å². The first kappa shape index (κ1) is 34.0. The fourth-order valence-electron chi connectivity index (χ4n) is 2.18. The summed E-state index contributed by atoms with van der Waals surface area (Å²) in [4.78, 5) is 3.53. The molecule has 2 radical (unpaired) electrons. The molecule has 0 fully saturated rings. The Balaban J connectivity index is 0. The largest absolute Gasteiger partial charge is 2.00 e. The SMILES string of the molecule is CC(=NNC(=S)N(C)C)c1ccccc1[OH2+].CC(=NNC(=S)N(C)C)c1ccccc1[OH2+].[Cu+2].[Cu+2]. The van der Waals surface area contributed by atoms with Crippen molar-refractivity contribution < 1.29 is 44.4 Å². The van der Waals surface area contributed by atoms with Gasteiger partial charge < -0.3 is 20.0 Å². The Kier molecular flexibility index (Phi) is 17.3. The van der Waals surface area contributed by atoms with Gasteiger partial charge in [-0.25, -0.2) is 0 Å². The van der Waals surface area contributed by atoms with Crippen LogP contribution in [0.4, 0.5) is 0 Å². The predicted octanol–water partition coefficient (Wildman–Crippen LogP) is 2.56. The first-order chi connectivity index (χ1) is 15.0. The van der Waals surface area contributed by atoms with Gasteiger partial charge in [0.15, 0.2) is 10.2 Å². The van der Waals surface area contributed by atoms with E-state index in [0.717, 1.165) is 22.6 Å². The molecule has 0 heterocycles. The van der Waals surface area contributed by atoms with Crippen LogP contribution in [0.25, 0.3) is 0 Å². The van der Waals surface area contributed by atoms with E-state index in [9.17, 15) is 0 Å². The van der Waals surface area contributed by atoms with Crippen molar-refractivity contribution in [2.75, 3.05) is 28.2 Å². The summed E-state index contributed by atoms with van der Waals surface area (Å²) < 4.78 is 0. The summed E-state index contributed by atoms with van der Waals surface area (Å²) in [7, 11) is 7.38. The normalized spacial score (nSPS) is 10.4. The molecule has 8 nitrogen and oxygen atoms in total. The number of nitrogens with one attached hydrogen (secondary N) is 2. The molecule has 0 unspecified atom stereocenters. The molecule has 0 atom stereocenters. The minimum Gasteiger partial charge on any atom is -0.593 e. The van der Waals surface area contributed by atoms with E-state index in [-0.39, 0.29) is 34.1 Å². The van der Waals surface area contributed by atoms with Gasteiger partial charge in [0, 0.05) is 40.3 Å². The Morgan fingerprint density at radius 3 is 1.24 bits per heavy atom. The van der Waals surface area contributed by atoms with E-state index in [4.69, 9.17) is 34.6 Å². The predicted molar refractivity (Wildman–Crippen MR) is 142 cm³/mol. The van der Waals surface area contributed by atoms with Gasteiger partial charge in [0.05, 0.1) is 22.6 Å². The Labute approximate surface area is 233 Å². The minimum atomic E-state index is 0. The number of rotatable bonds is 4. The number of hydrogen-bond acceptors (Lipinski definition) is 4. The third-order valence-corrected chi connectivity index (χ3v) is 5.00. The zero-order valence-corrected chi connectivity index (χ0v) is 23.3. The molecule has 190 valence electrons. The molecule has 0 saturated carbocycles. The second-order valence-electron chi connectivity index (χ2n) is 7.11. The van der Waals surface area contributed by atoms with Crippen molar-refractivity contribution in [1.29, 1.82) is 0 Å². The Morgan fingerprint density at radius 1 is 0.676 bits per heavy atom. The van der Waals surface area contributed by atoms with E-state index in [1.807, 2.05) is 78.4 Å². The van der Waals surface area contributed by atoms with Crippen LogP contribution in [0.1, 0.15) is 25.0 Å². The zero-order valence-electron chi connectivity index (χ0n) is 19.8. The van der Waals surface area contributed by atoms with Gasteiger partial charge in [0.2, 0.25) is 0 Å². The minimum absolute atomic E-state index is 0. The number of hydrogen-bond donors (Lipinski definition) is 2. The summed E-state index contributed by atoms with van der Waals surface area (Å²) >= 11 is 10.1. The molecular formula is C22H32Cu2N6O2S2+6. The van der Waals surface area contributed by atoms with E-state index in [2.05, 4.69) is 21.1 Å². The number of nitrogens with zero attached hydrogens (tertiary/aromatic N) is 4. The molecule has 2 aromatic carbocycles. The summed E-state index contributed by atoms with van der Waals surface area (Å²) in [5.41, 5.74) is 8.63. The van der Waals surface area contributed by atoms with Crippen molar-refractivity contribution in [2.45, 2.75) is 13.8 Å². The molecule has 6 N–H and O–H groups in total. The van der Waals surface area contributed by atoms with Crippen LogP contribution in [0.5, 0.6) is 11.5 Å². The van der Waals surface area contributed by atoms with Crippen LogP contribution in [0, 0.1) is 0 Å². The Bertz CT molecular complexity index is 921. The summed E-state index contributed by atoms with van der Waals surface area (Å²) in [6.07, 6.45) is 0. The first-order valence-corrected chi connectivity index (χ1v) is 10.5. The molecule has 0 amide bonds. The van der Waals surface area contributed by atoms with Crippen molar-refractivity contribution >= 4 is 46.1 Å². The van der Waals surface area contributed by atoms with Gasteiger partial charge in [-0.3, -0.25) is 10.9 Å². The molecule has 0 aliphatic carbocycles. The van der Waals surface area contributed by atoms with E-state index in [1.165, 1.54) is 0 Å².